The summed E-state index contributed by atoms with van der Waals surface area (Å²) in [5.74, 6) is 2.59. The molecule has 0 aromatic carbocycles. The fourth-order valence-corrected chi connectivity index (χ4v) is 4.81. The molecule has 2 heterocycles. The van der Waals surface area contributed by atoms with Gasteiger partial charge in [0.2, 0.25) is 5.91 Å². The molecule has 19 heavy (non-hydrogen) atoms. The summed E-state index contributed by atoms with van der Waals surface area (Å²) in [7, 11) is 0. The van der Waals surface area contributed by atoms with Crippen molar-refractivity contribution in [1.82, 2.24) is 10.6 Å². The molecule has 0 spiro atoms. The number of nitrogens with one attached hydrogen (secondary N) is 2. The lowest BCUT2D eigenvalue weighted by Crippen LogP contribution is -2.44. The molecule has 1 aliphatic carbocycles. The largest absolute Gasteiger partial charge is 0.347 e. The standard InChI is InChI=1S/C14H20N2OS2/c17-14(11-8-18-9-15-11)16-13(10-4-1-2-5-10)12-6-3-7-19-12/h3,6-7,10-11,13,15H,1-2,4-5,8-9H2,(H,16,17). The quantitative estimate of drug-likeness (QED) is 0.897. The van der Waals surface area contributed by atoms with Crippen molar-refractivity contribution >= 4 is 29.0 Å². The minimum atomic E-state index is -0.00568. The smallest absolute Gasteiger partial charge is 0.238 e. The number of thioether (sulfide) groups is 1. The molecule has 3 rings (SSSR count). The number of hydrogen-bond donors (Lipinski definition) is 2. The Morgan fingerprint density at radius 2 is 2.26 bits per heavy atom. The van der Waals surface area contributed by atoms with Crippen LogP contribution in [0.1, 0.15) is 36.6 Å². The number of thiophene rings is 1. The molecular weight excluding hydrogens is 276 g/mol. The molecular formula is C14H20N2OS2. The Morgan fingerprint density at radius 1 is 1.42 bits per heavy atom. The van der Waals surface area contributed by atoms with E-state index in [1.807, 2.05) is 0 Å². The maximum Gasteiger partial charge on any atom is 0.238 e. The minimum absolute atomic E-state index is 0.00568. The maximum atomic E-state index is 12.3. The molecule has 1 aromatic rings. The third-order valence-electron chi connectivity index (χ3n) is 4.05. The Bertz CT molecular complexity index is 409. The molecule has 2 atom stereocenters. The highest BCUT2D eigenvalue weighted by Crippen LogP contribution is 2.37. The Balaban J connectivity index is 1.69. The second kappa shape index (κ2) is 6.29. The highest BCUT2D eigenvalue weighted by molar-refractivity contribution is 7.99. The van der Waals surface area contributed by atoms with E-state index in [1.54, 1.807) is 23.1 Å². The average Bonchev–Trinajstić information content (AvgIpc) is 3.17. The summed E-state index contributed by atoms with van der Waals surface area (Å²) in [4.78, 5) is 13.6. The fraction of sp³-hybridized carbons (Fsp3) is 0.643. The third-order valence-corrected chi connectivity index (χ3v) is 5.95. The van der Waals surface area contributed by atoms with E-state index in [1.165, 1.54) is 30.6 Å². The predicted molar refractivity (Wildman–Crippen MR) is 81.4 cm³/mol. The van der Waals surface area contributed by atoms with Gasteiger partial charge in [-0.2, -0.15) is 0 Å². The minimum Gasteiger partial charge on any atom is -0.347 e. The van der Waals surface area contributed by atoms with Crippen molar-refractivity contribution in [2.75, 3.05) is 11.6 Å². The van der Waals surface area contributed by atoms with Crippen molar-refractivity contribution in [3.8, 4) is 0 Å². The SMILES string of the molecule is O=C(NC(c1cccs1)C1CCCC1)C1CSCN1. The predicted octanol–water partition coefficient (Wildman–Crippen LogP) is 2.76. The molecule has 1 saturated carbocycles. The second-order valence-corrected chi connectivity index (χ2v) is 7.33. The second-order valence-electron chi connectivity index (χ2n) is 5.32. The molecule has 0 radical (unpaired) electrons. The van der Waals surface area contributed by atoms with Crippen LogP contribution in [-0.2, 0) is 4.79 Å². The van der Waals surface area contributed by atoms with Gasteiger partial charge >= 0.3 is 0 Å². The maximum absolute atomic E-state index is 12.3. The van der Waals surface area contributed by atoms with Crippen molar-refractivity contribution in [3.05, 3.63) is 22.4 Å². The van der Waals surface area contributed by atoms with Crippen LogP contribution in [0.25, 0.3) is 0 Å². The first-order chi connectivity index (χ1) is 9.34. The lowest BCUT2D eigenvalue weighted by molar-refractivity contribution is -0.123. The van der Waals surface area contributed by atoms with Gasteiger partial charge in [-0.05, 0) is 30.2 Å². The van der Waals surface area contributed by atoms with Crippen molar-refractivity contribution in [3.63, 3.8) is 0 Å². The zero-order valence-electron chi connectivity index (χ0n) is 10.9. The first-order valence-corrected chi connectivity index (χ1v) is 9.03. The van der Waals surface area contributed by atoms with Gasteiger partial charge < -0.3 is 5.32 Å². The van der Waals surface area contributed by atoms with Crippen LogP contribution in [0.4, 0.5) is 0 Å². The van der Waals surface area contributed by atoms with Gasteiger partial charge in [0.05, 0.1) is 12.1 Å². The number of hydrogen-bond acceptors (Lipinski definition) is 4. The fourth-order valence-electron chi connectivity index (χ4n) is 3.00. The highest BCUT2D eigenvalue weighted by atomic mass is 32.2. The van der Waals surface area contributed by atoms with E-state index in [0.29, 0.717) is 5.92 Å². The van der Waals surface area contributed by atoms with Gasteiger partial charge in [-0.3, -0.25) is 10.1 Å². The number of rotatable bonds is 4. The molecule has 1 aromatic heterocycles. The van der Waals surface area contributed by atoms with E-state index in [0.717, 1.165) is 11.6 Å². The molecule has 1 aliphatic heterocycles. The molecule has 1 amide bonds. The van der Waals surface area contributed by atoms with Gasteiger partial charge in [-0.15, -0.1) is 23.1 Å². The van der Waals surface area contributed by atoms with E-state index in [4.69, 9.17) is 0 Å². The van der Waals surface area contributed by atoms with Crippen LogP contribution in [0.5, 0.6) is 0 Å². The molecule has 3 nitrogen and oxygen atoms in total. The van der Waals surface area contributed by atoms with Gasteiger partial charge in [0.1, 0.15) is 0 Å². The zero-order chi connectivity index (χ0) is 13.1. The summed E-state index contributed by atoms with van der Waals surface area (Å²) in [6.07, 6.45) is 5.10. The van der Waals surface area contributed by atoms with E-state index in [9.17, 15) is 4.79 Å². The van der Waals surface area contributed by atoms with E-state index >= 15 is 0 Å². The van der Waals surface area contributed by atoms with Crippen molar-refractivity contribution < 1.29 is 4.79 Å². The van der Waals surface area contributed by atoms with Crippen LogP contribution in [0.2, 0.25) is 0 Å². The van der Waals surface area contributed by atoms with E-state index in [2.05, 4.69) is 28.1 Å². The highest BCUT2D eigenvalue weighted by Gasteiger charge is 2.31. The summed E-state index contributed by atoms with van der Waals surface area (Å²) < 4.78 is 0. The van der Waals surface area contributed by atoms with Crippen LogP contribution in [0.15, 0.2) is 17.5 Å². The number of amides is 1. The molecule has 0 bridgehead atoms. The molecule has 2 fully saturated rings. The molecule has 104 valence electrons. The van der Waals surface area contributed by atoms with Crippen LogP contribution < -0.4 is 10.6 Å². The van der Waals surface area contributed by atoms with Crippen molar-refractivity contribution in [2.24, 2.45) is 5.92 Å². The summed E-state index contributed by atoms with van der Waals surface area (Å²) in [5.41, 5.74) is 0. The lowest BCUT2D eigenvalue weighted by atomic mass is 9.96. The van der Waals surface area contributed by atoms with Crippen LogP contribution in [0.3, 0.4) is 0 Å². The summed E-state index contributed by atoms with van der Waals surface area (Å²) >= 11 is 3.56. The van der Waals surface area contributed by atoms with Crippen LogP contribution in [-0.4, -0.2) is 23.6 Å². The van der Waals surface area contributed by atoms with Gasteiger partial charge in [-0.1, -0.05) is 18.9 Å². The normalized spacial score (nSPS) is 25.6. The summed E-state index contributed by atoms with van der Waals surface area (Å²) in [6.45, 7) is 0. The molecule has 2 N–H and O–H groups in total. The Hall–Kier alpha value is -0.520. The van der Waals surface area contributed by atoms with E-state index in [-0.39, 0.29) is 18.0 Å². The van der Waals surface area contributed by atoms with Gasteiger partial charge in [0.25, 0.3) is 0 Å². The number of carbonyl (C=O) groups excluding carboxylic acids is 1. The van der Waals surface area contributed by atoms with E-state index < -0.39 is 0 Å². The Morgan fingerprint density at radius 3 is 2.89 bits per heavy atom. The van der Waals surface area contributed by atoms with Crippen molar-refractivity contribution in [1.29, 1.82) is 0 Å². The van der Waals surface area contributed by atoms with Gasteiger partial charge in [0, 0.05) is 16.5 Å². The number of carbonyl (C=O) groups is 1. The Labute approximate surface area is 122 Å². The van der Waals surface area contributed by atoms with Crippen LogP contribution >= 0.6 is 23.1 Å². The lowest BCUT2D eigenvalue weighted by Gasteiger charge is -2.25. The Kier molecular flexibility index (Phi) is 4.45. The average molecular weight is 296 g/mol. The first-order valence-electron chi connectivity index (χ1n) is 6.99. The van der Waals surface area contributed by atoms with Crippen molar-refractivity contribution in [2.45, 2.75) is 37.8 Å². The molecule has 2 aliphatic rings. The van der Waals surface area contributed by atoms with Gasteiger partial charge in [0.15, 0.2) is 0 Å². The molecule has 1 saturated heterocycles. The monoisotopic (exact) mass is 296 g/mol. The van der Waals surface area contributed by atoms with Gasteiger partial charge in [-0.25, -0.2) is 0 Å². The zero-order valence-corrected chi connectivity index (χ0v) is 12.6. The molecule has 5 heteroatoms. The summed E-state index contributed by atoms with van der Waals surface area (Å²) in [6, 6.07) is 4.46. The summed E-state index contributed by atoms with van der Waals surface area (Å²) in [5, 5.41) is 8.66. The first kappa shape index (κ1) is 13.5. The van der Waals surface area contributed by atoms with Crippen LogP contribution in [0, 0.1) is 5.92 Å². The molecule has 2 unspecified atom stereocenters. The third kappa shape index (κ3) is 3.15. The topological polar surface area (TPSA) is 41.1 Å².